The van der Waals surface area contributed by atoms with E-state index in [4.69, 9.17) is 9.47 Å². The summed E-state index contributed by atoms with van der Waals surface area (Å²) in [6.45, 7) is 4.15. The molecule has 0 radical (unpaired) electrons. The van der Waals surface area contributed by atoms with Gasteiger partial charge in [-0.2, -0.15) is 0 Å². The molecule has 23 heavy (non-hydrogen) atoms. The van der Waals surface area contributed by atoms with Gasteiger partial charge in [-0.1, -0.05) is 30.3 Å². The Bertz CT molecular complexity index is 410. The summed E-state index contributed by atoms with van der Waals surface area (Å²) >= 11 is 0. The topological polar surface area (TPSA) is 54.9 Å². The van der Waals surface area contributed by atoms with Crippen LogP contribution in [0.4, 0.5) is 0 Å². The molecule has 0 saturated heterocycles. The molecule has 0 unspecified atom stereocenters. The highest BCUT2D eigenvalue weighted by Gasteiger charge is 1.97. The van der Waals surface area contributed by atoms with Crippen LogP contribution in [-0.2, 0) is 15.9 Å². The molecule has 130 valence electrons. The summed E-state index contributed by atoms with van der Waals surface area (Å²) < 4.78 is 10.7. The van der Waals surface area contributed by atoms with E-state index in [1.54, 1.807) is 14.2 Å². The van der Waals surface area contributed by atoms with Gasteiger partial charge in [-0.25, -0.2) is 0 Å². The first kappa shape index (κ1) is 19.5. The van der Waals surface area contributed by atoms with Crippen molar-refractivity contribution in [2.75, 3.05) is 47.1 Å². The number of ether oxygens (including phenoxy) is 2. The van der Waals surface area contributed by atoms with Crippen molar-refractivity contribution in [2.24, 2.45) is 4.99 Å². The van der Waals surface area contributed by atoms with Crippen LogP contribution in [0.2, 0.25) is 0 Å². The van der Waals surface area contributed by atoms with Crippen molar-refractivity contribution in [1.82, 2.24) is 10.6 Å². The Kier molecular flexibility index (Phi) is 11.9. The maximum Gasteiger partial charge on any atom is 0.190 e. The highest BCUT2D eigenvalue weighted by Crippen LogP contribution is 2.00. The first-order valence-electron chi connectivity index (χ1n) is 8.42. The highest BCUT2D eigenvalue weighted by atomic mass is 16.5. The number of hydrogen-bond donors (Lipinski definition) is 2. The van der Waals surface area contributed by atoms with Gasteiger partial charge in [0.25, 0.3) is 0 Å². The average molecular weight is 321 g/mol. The molecule has 1 aromatic rings. The molecule has 5 nitrogen and oxygen atoms in total. The largest absolute Gasteiger partial charge is 0.385 e. The number of unbranched alkanes of at least 4 members (excludes halogenated alkanes) is 1. The number of guanidine groups is 1. The first-order valence-corrected chi connectivity index (χ1v) is 8.42. The molecule has 0 spiro atoms. The van der Waals surface area contributed by atoms with Crippen molar-refractivity contribution in [3.05, 3.63) is 35.9 Å². The van der Waals surface area contributed by atoms with Crippen molar-refractivity contribution in [1.29, 1.82) is 0 Å². The minimum Gasteiger partial charge on any atom is -0.385 e. The minimum absolute atomic E-state index is 0.768. The van der Waals surface area contributed by atoms with Gasteiger partial charge in [-0.15, -0.1) is 0 Å². The molecular weight excluding hydrogens is 290 g/mol. The van der Waals surface area contributed by atoms with Crippen LogP contribution in [0, 0.1) is 0 Å². The summed E-state index contributed by atoms with van der Waals surface area (Å²) in [6.07, 6.45) is 4.09. The predicted molar refractivity (Wildman–Crippen MR) is 96.1 cm³/mol. The lowest BCUT2D eigenvalue weighted by Gasteiger charge is -2.11. The molecule has 0 aromatic heterocycles. The third kappa shape index (κ3) is 10.7. The summed E-state index contributed by atoms with van der Waals surface area (Å²) in [4.78, 5) is 4.19. The van der Waals surface area contributed by atoms with E-state index in [1.807, 2.05) is 6.07 Å². The second-order valence-electron chi connectivity index (χ2n) is 5.33. The molecule has 1 aromatic carbocycles. The lowest BCUT2D eigenvalue weighted by molar-refractivity contribution is 0.133. The lowest BCUT2D eigenvalue weighted by atomic mass is 10.2. The van der Waals surface area contributed by atoms with Crippen molar-refractivity contribution >= 4 is 5.96 Å². The van der Waals surface area contributed by atoms with Crippen LogP contribution in [0.1, 0.15) is 24.8 Å². The van der Waals surface area contributed by atoms with Gasteiger partial charge >= 0.3 is 0 Å². The Labute approximate surface area is 140 Å². The maximum atomic E-state index is 5.68. The van der Waals surface area contributed by atoms with Gasteiger partial charge in [0.1, 0.15) is 0 Å². The summed E-state index contributed by atoms with van der Waals surface area (Å²) in [5.74, 6) is 0.853. The third-order valence-electron chi connectivity index (χ3n) is 3.43. The molecule has 0 heterocycles. The minimum atomic E-state index is 0.768. The summed E-state index contributed by atoms with van der Waals surface area (Å²) in [5.41, 5.74) is 1.33. The van der Waals surface area contributed by atoms with Gasteiger partial charge in [-0.05, 0) is 31.2 Å². The van der Waals surface area contributed by atoms with Gasteiger partial charge in [0.05, 0.1) is 6.61 Å². The average Bonchev–Trinajstić information content (AvgIpc) is 2.60. The number of methoxy groups -OCH3 is 1. The molecule has 0 aliphatic rings. The maximum absolute atomic E-state index is 5.68. The van der Waals surface area contributed by atoms with Crippen LogP contribution in [0.25, 0.3) is 0 Å². The van der Waals surface area contributed by atoms with E-state index in [-0.39, 0.29) is 0 Å². The fourth-order valence-corrected chi connectivity index (χ4v) is 2.12. The number of benzene rings is 1. The Hall–Kier alpha value is -1.59. The number of rotatable bonds is 12. The van der Waals surface area contributed by atoms with Crippen LogP contribution >= 0.6 is 0 Å². The van der Waals surface area contributed by atoms with Crippen molar-refractivity contribution in [3.8, 4) is 0 Å². The molecule has 2 N–H and O–H groups in total. The highest BCUT2D eigenvalue weighted by molar-refractivity contribution is 5.79. The summed E-state index contributed by atoms with van der Waals surface area (Å²) in [7, 11) is 3.51. The molecule has 0 atom stereocenters. The smallest absolute Gasteiger partial charge is 0.190 e. The van der Waals surface area contributed by atoms with E-state index >= 15 is 0 Å². The zero-order valence-electron chi connectivity index (χ0n) is 14.5. The van der Waals surface area contributed by atoms with Crippen LogP contribution in [0.5, 0.6) is 0 Å². The van der Waals surface area contributed by atoms with Crippen LogP contribution in [0.15, 0.2) is 35.3 Å². The molecule has 0 saturated carbocycles. The van der Waals surface area contributed by atoms with Crippen molar-refractivity contribution in [3.63, 3.8) is 0 Å². The molecule has 0 fully saturated rings. The number of nitrogens with one attached hydrogen (secondary N) is 2. The van der Waals surface area contributed by atoms with Crippen LogP contribution in [-0.4, -0.2) is 53.0 Å². The Morgan fingerprint density at radius 3 is 2.39 bits per heavy atom. The predicted octanol–water partition coefficient (Wildman–Crippen LogP) is 2.23. The monoisotopic (exact) mass is 321 g/mol. The zero-order chi connectivity index (χ0) is 16.6. The normalized spacial score (nSPS) is 11.5. The van der Waals surface area contributed by atoms with Crippen molar-refractivity contribution < 1.29 is 9.47 Å². The van der Waals surface area contributed by atoms with E-state index in [1.165, 1.54) is 5.56 Å². The summed E-state index contributed by atoms with van der Waals surface area (Å²) in [6, 6.07) is 10.4. The number of aliphatic imine (C=N–C) groups is 1. The zero-order valence-corrected chi connectivity index (χ0v) is 14.5. The van der Waals surface area contributed by atoms with Gasteiger partial charge in [0.15, 0.2) is 5.96 Å². The van der Waals surface area contributed by atoms with Gasteiger partial charge < -0.3 is 20.1 Å². The van der Waals surface area contributed by atoms with Crippen LogP contribution < -0.4 is 10.6 Å². The van der Waals surface area contributed by atoms with Gasteiger partial charge in [0, 0.05) is 40.5 Å². The molecule has 1 rings (SSSR count). The SMILES string of the molecule is CN=C(NCCCCOCCc1ccccc1)NCCCOC. The number of hydrogen-bond acceptors (Lipinski definition) is 3. The second-order valence-corrected chi connectivity index (χ2v) is 5.33. The van der Waals surface area contributed by atoms with E-state index in [0.29, 0.717) is 0 Å². The molecule has 0 aliphatic carbocycles. The summed E-state index contributed by atoms with van der Waals surface area (Å²) in [5, 5.41) is 6.57. The van der Waals surface area contributed by atoms with Crippen LogP contribution in [0.3, 0.4) is 0 Å². The van der Waals surface area contributed by atoms with E-state index in [9.17, 15) is 0 Å². The Morgan fingerprint density at radius 2 is 1.70 bits per heavy atom. The third-order valence-corrected chi connectivity index (χ3v) is 3.43. The number of nitrogens with zero attached hydrogens (tertiary/aromatic N) is 1. The Balaban J connectivity index is 1.92. The van der Waals surface area contributed by atoms with Gasteiger partial charge in [-0.3, -0.25) is 4.99 Å². The molecule has 0 aliphatic heterocycles. The Morgan fingerprint density at radius 1 is 0.957 bits per heavy atom. The van der Waals surface area contributed by atoms with Gasteiger partial charge in [0.2, 0.25) is 0 Å². The molecule has 0 bridgehead atoms. The first-order chi connectivity index (χ1) is 11.4. The standard InChI is InChI=1S/C18H31N3O2/c1-19-18(21-13-8-14-22-2)20-12-6-7-15-23-16-11-17-9-4-3-5-10-17/h3-5,9-10H,6-8,11-16H2,1-2H3,(H2,19,20,21). The molecular formula is C18H31N3O2. The fraction of sp³-hybridized carbons (Fsp3) is 0.611. The second kappa shape index (κ2) is 14.0. The van der Waals surface area contributed by atoms with Crippen molar-refractivity contribution in [2.45, 2.75) is 25.7 Å². The molecule has 0 amide bonds. The lowest BCUT2D eigenvalue weighted by Crippen LogP contribution is -2.38. The quantitative estimate of drug-likeness (QED) is 0.352. The van der Waals surface area contributed by atoms with E-state index in [0.717, 1.165) is 64.6 Å². The van der Waals surface area contributed by atoms with E-state index in [2.05, 4.69) is 39.9 Å². The van der Waals surface area contributed by atoms with E-state index < -0.39 is 0 Å². The molecule has 5 heteroatoms. The fourth-order valence-electron chi connectivity index (χ4n) is 2.12.